The number of amides is 1. The molecule has 5 heteroatoms. The Labute approximate surface area is 143 Å². The minimum atomic E-state index is -0.427. The Morgan fingerprint density at radius 2 is 2.26 bits per heavy atom. The highest BCUT2D eigenvalue weighted by atomic mass is 32.1. The fraction of sp³-hybridized carbons (Fsp3) is 0.722. The first-order chi connectivity index (χ1) is 10.8. The van der Waals surface area contributed by atoms with Gasteiger partial charge >= 0.3 is 6.09 Å². The third-order valence-corrected chi connectivity index (χ3v) is 5.04. The van der Waals surface area contributed by atoms with Gasteiger partial charge in [0, 0.05) is 24.6 Å². The van der Waals surface area contributed by atoms with Gasteiger partial charge in [0.05, 0.1) is 6.10 Å². The van der Waals surface area contributed by atoms with Crippen molar-refractivity contribution < 1.29 is 14.3 Å². The maximum Gasteiger partial charge on any atom is 0.410 e. The second-order valence-electron chi connectivity index (χ2n) is 7.25. The molecule has 1 fully saturated rings. The van der Waals surface area contributed by atoms with E-state index in [1.54, 1.807) is 11.3 Å². The van der Waals surface area contributed by atoms with E-state index in [9.17, 15) is 4.79 Å². The Kier molecular flexibility index (Phi) is 6.48. The van der Waals surface area contributed by atoms with Gasteiger partial charge in [0.2, 0.25) is 0 Å². The summed E-state index contributed by atoms with van der Waals surface area (Å²) in [7, 11) is 0. The van der Waals surface area contributed by atoms with E-state index in [4.69, 9.17) is 9.47 Å². The quantitative estimate of drug-likeness (QED) is 0.769. The molecule has 23 heavy (non-hydrogen) atoms. The van der Waals surface area contributed by atoms with Gasteiger partial charge in [0.25, 0.3) is 0 Å². The number of carbonyl (C=O) groups is 1. The molecule has 4 nitrogen and oxygen atoms in total. The van der Waals surface area contributed by atoms with E-state index in [2.05, 4.69) is 24.4 Å². The largest absolute Gasteiger partial charge is 0.444 e. The van der Waals surface area contributed by atoms with Gasteiger partial charge in [-0.25, -0.2) is 4.79 Å². The average molecular weight is 340 g/mol. The summed E-state index contributed by atoms with van der Waals surface area (Å²) in [6.07, 6.45) is 3.17. The molecule has 2 atom stereocenters. The molecular formula is C18H29NO3S. The Morgan fingerprint density at radius 1 is 1.48 bits per heavy atom. The summed E-state index contributed by atoms with van der Waals surface area (Å²) in [6.45, 7) is 10.2. The summed E-state index contributed by atoms with van der Waals surface area (Å²) in [4.78, 5) is 15.3. The molecule has 1 aromatic rings. The van der Waals surface area contributed by atoms with Crippen molar-refractivity contribution >= 4 is 17.4 Å². The molecule has 1 saturated heterocycles. The highest BCUT2D eigenvalue weighted by Crippen LogP contribution is 2.25. The minimum absolute atomic E-state index is 0.153. The van der Waals surface area contributed by atoms with Crippen LogP contribution in [0.3, 0.4) is 0 Å². The molecule has 1 aliphatic heterocycles. The molecule has 2 heterocycles. The molecule has 0 bridgehead atoms. The number of ether oxygens (including phenoxy) is 2. The van der Waals surface area contributed by atoms with Crippen LogP contribution >= 0.6 is 11.3 Å². The molecule has 1 amide bonds. The molecule has 0 spiro atoms. The van der Waals surface area contributed by atoms with Crippen LogP contribution in [0.25, 0.3) is 0 Å². The molecule has 0 saturated carbocycles. The lowest BCUT2D eigenvalue weighted by Gasteiger charge is -2.34. The molecule has 130 valence electrons. The van der Waals surface area contributed by atoms with Gasteiger partial charge in [-0.2, -0.15) is 0 Å². The van der Waals surface area contributed by atoms with E-state index in [0.717, 1.165) is 39.0 Å². The van der Waals surface area contributed by atoms with Crippen molar-refractivity contribution in [2.45, 2.75) is 58.7 Å². The van der Waals surface area contributed by atoms with E-state index in [1.165, 1.54) is 4.88 Å². The van der Waals surface area contributed by atoms with Gasteiger partial charge < -0.3 is 14.4 Å². The van der Waals surface area contributed by atoms with E-state index in [1.807, 2.05) is 25.7 Å². The number of hydrogen-bond acceptors (Lipinski definition) is 4. The topological polar surface area (TPSA) is 38.8 Å². The zero-order chi connectivity index (χ0) is 16.9. The third kappa shape index (κ3) is 6.15. The Hall–Kier alpha value is -1.07. The lowest BCUT2D eigenvalue weighted by molar-refractivity contribution is 0.0109. The Bertz CT molecular complexity index is 481. The highest BCUT2D eigenvalue weighted by molar-refractivity contribution is 7.10. The predicted octanol–water partition coefficient (Wildman–Crippen LogP) is 4.86. The van der Waals surface area contributed by atoms with Crippen LogP contribution in [0.4, 0.5) is 4.79 Å². The maximum absolute atomic E-state index is 12.2. The first-order valence-corrected chi connectivity index (χ1v) is 9.36. The Balaban J connectivity index is 1.72. The fourth-order valence-corrected chi connectivity index (χ4v) is 3.54. The molecule has 0 aliphatic carbocycles. The zero-order valence-electron chi connectivity index (χ0n) is 14.7. The molecule has 2 unspecified atom stereocenters. The van der Waals surface area contributed by atoms with Crippen LogP contribution in [0.5, 0.6) is 0 Å². The number of piperidine rings is 1. The van der Waals surface area contributed by atoms with Gasteiger partial charge in [0.1, 0.15) is 5.60 Å². The van der Waals surface area contributed by atoms with Crippen molar-refractivity contribution in [2.24, 2.45) is 5.92 Å². The predicted molar refractivity (Wildman–Crippen MR) is 93.8 cm³/mol. The summed E-state index contributed by atoms with van der Waals surface area (Å²) in [5, 5.41) is 2.08. The normalized spacial score (nSPS) is 20.3. The van der Waals surface area contributed by atoms with Gasteiger partial charge in [-0.15, -0.1) is 11.3 Å². The molecule has 2 rings (SSSR count). The third-order valence-electron chi connectivity index (χ3n) is 4.01. The smallest absolute Gasteiger partial charge is 0.410 e. The van der Waals surface area contributed by atoms with Crippen LogP contribution in [0.15, 0.2) is 17.5 Å². The van der Waals surface area contributed by atoms with Crippen LogP contribution in [0.1, 0.15) is 57.9 Å². The second-order valence-corrected chi connectivity index (χ2v) is 8.23. The van der Waals surface area contributed by atoms with Gasteiger partial charge in [-0.05, 0) is 64.3 Å². The number of hydrogen-bond donors (Lipinski definition) is 0. The van der Waals surface area contributed by atoms with E-state index < -0.39 is 5.60 Å². The van der Waals surface area contributed by atoms with Gasteiger partial charge in [-0.3, -0.25) is 0 Å². The van der Waals surface area contributed by atoms with Gasteiger partial charge in [-0.1, -0.05) is 6.07 Å². The fourth-order valence-electron chi connectivity index (χ4n) is 2.81. The summed E-state index contributed by atoms with van der Waals surface area (Å²) in [6, 6.07) is 4.17. The molecular weight excluding hydrogens is 310 g/mol. The van der Waals surface area contributed by atoms with Crippen LogP contribution in [-0.4, -0.2) is 36.3 Å². The lowest BCUT2D eigenvalue weighted by Crippen LogP contribution is -2.43. The van der Waals surface area contributed by atoms with E-state index >= 15 is 0 Å². The Morgan fingerprint density at radius 3 is 2.91 bits per heavy atom. The number of likely N-dealkylation sites (tertiary alicyclic amines) is 1. The zero-order valence-corrected chi connectivity index (χ0v) is 15.5. The van der Waals surface area contributed by atoms with Crippen molar-refractivity contribution in [2.75, 3.05) is 19.7 Å². The standard InChI is InChI=1S/C18H29NO3S/c1-14(16-8-6-12-23-16)21-11-9-15-7-5-10-19(13-15)17(20)22-18(2,3)4/h6,8,12,14-15H,5,7,9-11,13H2,1-4H3. The molecule has 0 aromatic carbocycles. The van der Waals surface area contributed by atoms with Crippen molar-refractivity contribution in [3.05, 3.63) is 22.4 Å². The summed E-state index contributed by atoms with van der Waals surface area (Å²) in [5.74, 6) is 0.506. The number of rotatable bonds is 5. The van der Waals surface area contributed by atoms with Crippen LogP contribution in [-0.2, 0) is 9.47 Å². The molecule has 1 aromatic heterocycles. The van der Waals surface area contributed by atoms with Crippen molar-refractivity contribution in [1.29, 1.82) is 0 Å². The van der Waals surface area contributed by atoms with E-state index in [0.29, 0.717) is 5.92 Å². The number of carbonyl (C=O) groups excluding carboxylic acids is 1. The number of nitrogens with zero attached hydrogens (tertiary/aromatic N) is 1. The van der Waals surface area contributed by atoms with Crippen molar-refractivity contribution in [1.82, 2.24) is 4.90 Å². The van der Waals surface area contributed by atoms with Crippen LogP contribution in [0, 0.1) is 5.92 Å². The van der Waals surface area contributed by atoms with Crippen molar-refractivity contribution in [3.8, 4) is 0 Å². The van der Waals surface area contributed by atoms with Crippen LogP contribution in [0.2, 0.25) is 0 Å². The maximum atomic E-state index is 12.2. The second kappa shape index (κ2) is 8.15. The number of thiophene rings is 1. The summed E-state index contributed by atoms with van der Waals surface area (Å²) < 4.78 is 11.4. The minimum Gasteiger partial charge on any atom is -0.444 e. The van der Waals surface area contributed by atoms with Gasteiger partial charge in [0.15, 0.2) is 0 Å². The van der Waals surface area contributed by atoms with Crippen molar-refractivity contribution in [3.63, 3.8) is 0 Å². The lowest BCUT2D eigenvalue weighted by atomic mass is 9.95. The highest BCUT2D eigenvalue weighted by Gasteiger charge is 2.27. The molecule has 0 radical (unpaired) electrons. The van der Waals surface area contributed by atoms with Crippen LogP contribution < -0.4 is 0 Å². The average Bonchev–Trinajstić information content (AvgIpc) is 3.00. The monoisotopic (exact) mass is 339 g/mol. The summed E-state index contributed by atoms with van der Waals surface area (Å²) in [5.41, 5.74) is -0.427. The molecule has 1 aliphatic rings. The van der Waals surface area contributed by atoms with E-state index in [-0.39, 0.29) is 12.2 Å². The first kappa shape index (κ1) is 18.3. The summed E-state index contributed by atoms with van der Waals surface area (Å²) >= 11 is 1.73. The first-order valence-electron chi connectivity index (χ1n) is 8.48. The molecule has 0 N–H and O–H groups in total. The SMILES string of the molecule is CC(OCCC1CCCN(C(=O)OC(C)(C)C)C1)c1cccs1.